The summed E-state index contributed by atoms with van der Waals surface area (Å²) in [5.41, 5.74) is 7.37. The zero-order valence-corrected chi connectivity index (χ0v) is 11.8. The Bertz CT molecular complexity index is 577. The van der Waals surface area contributed by atoms with E-state index in [0.717, 1.165) is 23.1 Å². The van der Waals surface area contributed by atoms with E-state index in [9.17, 15) is 4.79 Å². The molecular formula is C13H16N4OS. The van der Waals surface area contributed by atoms with Gasteiger partial charge >= 0.3 is 0 Å². The molecule has 0 aliphatic rings. The van der Waals surface area contributed by atoms with Gasteiger partial charge in [0.25, 0.3) is 0 Å². The Morgan fingerprint density at radius 1 is 1.32 bits per heavy atom. The monoisotopic (exact) mass is 276 g/mol. The summed E-state index contributed by atoms with van der Waals surface area (Å²) < 4.78 is 1.98. The molecule has 0 bridgehead atoms. The number of carbonyl (C=O) groups is 1. The van der Waals surface area contributed by atoms with Crippen LogP contribution in [0.5, 0.6) is 0 Å². The Morgan fingerprint density at radius 2 is 2.00 bits per heavy atom. The minimum absolute atomic E-state index is 0.214. The van der Waals surface area contributed by atoms with Gasteiger partial charge in [0.1, 0.15) is 0 Å². The number of benzene rings is 1. The third-order valence-corrected chi connectivity index (χ3v) is 3.68. The first-order chi connectivity index (χ1) is 9.11. The SMILES string of the molecule is CCn1c(SCC(N)=O)nnc1-c1ccc(C)cc1. The number of hydrogen-bond acceptors (Lipinski definition) is 4. The molecule has 0 unspecified atom stereocenters. The summed E-state index contributed by atoms with van der Waals surface area (Å²) in [5, 5.41) is 9.05. The van der Waals surface area contributed by atoms with E-state index in [4.69, 9.17) is 5.73 Å². The van der Waals surface area contributed by atoms with Gasteiger partial charge in [0.05, 0.1) is 5.75 Å². The number of nitrogens with two attached hydrogens (primary N) is 1. The number of thioether (sulfide) groups is 1. The van der Waals surface area contributed by atoms with Crippen molar-refractivity contribution in [3.8, 4) is 11.4 Å². The van der Waals surface area contributed by atoms with Crippen LogP contribution in [0.2, 0.25) is 0 Å². The fourth-order valence-electron chi connectivity index (χ4n) is 1.73. The Kier molecular flexibility index (Phi) is 4.21. The molecule has 6 heteroatoms. The average Bonchev–Trinajstić information content (AvgIpc) is 2.80. The lowest BCUT2D eigenvalue weighted by Gasteiger charge is -2.06. The Hall–Kier alpha value is -1.82. The Labute approximate surface area is 116 Å². The van der Waals surface area contributed by atoms with Gasteiger partial charge in [-0.2, -0.15) is 0 Å². The second-order valence-corrected chi connectivity index (χ2v) is 5.11. The van der Waals surface area contributed by atoms with Crippen LogP contribution in [0, 0.1) is 6.92 Å². The maximum absolute atomic E-state index is 10.8. The fourth-order valence-corrected chi connectivity index (χ4v) is 2.47. The van der Waals surface area contributed by atoms with Crippen molar-refractivity contribution in [3.63, 3.8) is 0 Å². The van der Waals surface area contributed by atoms with Crippen molar-refractivity contribution in [3.05, 3.63) is 29.8 Å². The Morgan fingerprint density at radius 3 is 2.58 bits per heavy atom. The van der Waals surface area contributed by atoms with Crippen molar-refractivity contribution in [2.75, 3.05) is 5.75 Å². The first kappa shape index (κ1) is 13.6. The van der Waals surface area contributed by atoms with Gasteiger partial charge < -0.3 is 10.3 Å². The van der Waals surface area contributed by atoms with Gasteiger partial charge in [-0.25, -0.2) is 0 Å². The number of nitrogens with zero attached hydrogens (tertiary/aromatic N) is 3. The van der Waals surface area contributed by atoms with Crippen LogP contribution in [0.15, 0.2) is 29.4 Å². The fraction of sp³-hybridized carbons (Fsp3) is 0.308. The predicted molar refractivity (Wildman–Crippen MR) is 75.8 cm³/mol. The van der Waals surface area contributed by atoms with Crippen LogP contribution < -0.4 is 5.73 Å². The second kappa shape index (κ2) is 5.88. The molecule has 0 saturated carbocycles. The summed E-state index contributed by atoms with van der Waals surface area (Å²) in [5.74, 6) is 0.675. The van der Waals surface area contributed by atoms with Gasteiger partial charge in [0.15, 0.2) is 11.0 Å². The number of carbonyl (C=O) groups excluding carboxylic acids is 1. The standard InChI is InChI=1S/C13H16N4OS/c1-3-17-12(10-6-4-9(2)5-7-10)15-16-13(17)19-8-11(14)18/h4-7H,3,8H2,1-2H3,(H2,14,18). The van der Waals surface area contributed by atoms with Crippen LogP contribution >= 0.6 is 11.8 Å². The molecule has 0 fully saturated rings. The molecule has 1 heterocycles. The van der Waals surface area contributed by atoms with Crippen molar-refractivity contribution < 1.29 is 4.79 Å². The molecule has 1 aromatic carbocycles. The van der Waals surface area contributed by atoms with Gasteiger partial charge in [0.2, 0.25) is 5.91 Å². The highest BCUT2D eigenvalue weighted by Crippen LogP contribution is 2.23. The largest absolute Gasteiger partial charge is 0.369 e. The van der Waals surface area contributed by atoms with Crippen molar-refractivity contribution in [2.24, 2.45) is 5.73 Å². The topological polar surface area (TPSA) is 73.8 Å². The van der Waals surface area contributed by atoms with E-state index in [1.807, 2.05) is 42.7 Å². The average molecular weight is 276 g/mol. The van der Waals surface area contributed by atoms with Gasteiger partial charge in [-0.15, -0.1) is 10.2 Å². The maximum Gasteiger partial charge on any atom is 0.227 e. The van der Waals surface area contributed by atoms with Crippen LogP contribution in [-0.2, 0) is 11.3 Å². The van der Waals surface area contributed by atoms with E-state index in [1.165, 1.54) is 17.3 Å². The summed E-state index contributed by atoms with van der Waals surface area (Å²) in [6.07, 6.45) is 0. The minimum atomic E-state index is -0.354. The molecule has 2 N–H and O–H groups in total. The normalized spacial score (nSPS) is 10.6. The zero-order chi connectivity index (χ0) is 13.8. The molecule has 0 radical (unpaired) electrons. The van der Waals surface area contributed by atoms with Crippen LogP contribution in [0.25, 0.3) is 11.4 Å². The van der Waals surface area contributed by atoms with Gasteiger partial charge in [0, 0.05) is 12.1 Å². The predicted octanol–water partition coefficient (Wildman–Crippen LogP) is 1.85. The minimum Gasteiger partial charge on any atom is -0.369 e. The first-order valence-corrected chi connectivity index (χ1v) is 7.01. The lowest BCUT2D eigenvalue weighted by Crippen LogP contribution is -2.13. The van der Waals surface area contributed by atoms with Crippen LogP contribution in [0.1, 0.15) is 12.5 Å². The number of primary amides is 1. The van der Waals surface area contributed by atoms with Gasteiger partial charge in [-0.1, -0.05) is 41.6 Å². The molecule has 2 rings (SSSR count). The summed E-state index contributed by atoms with van der Waals surface area (Å²) in [7, 11) is 0. The van der Waals surface area contributed by atoms with Gasteiger partial charge in [-0.05, 0) is 13.8 Å². The molecule has 5 nitrogen and oxygen atoms in total. The van der Waals surface area contributed by atoms with Crippen LogP contribution in [-0.4, -0.2) is 26.4 Å². The molecule has 0 saturated heterocycles. The van der Waals surface area contributed by atoms with E-state index in [-0.39, 0.29) is 11.7 Å². The lowest BCUT2D eigenvalue weighted by atomic mass is 10.1. The molecule has 100 valence electrons. The van der Waals surface area contributed by atoms with Crippen molar-refractivity contribution in [2.45, 2.75) is 25.5 Å². The molecule has 1 aromatic heterocycles. The van der Waals surface area contributed by atoms with Gasteiger partial charge in [-0.3, -0.25) is 4.79 Å². The van der Waals surface area contributed by atoms with Crippen molar-refractivity contribution in [1.29, 1.82) is 0 Å². The number of rotatable bonds is 5. The molecule has 19 heavy (non-hydrogen) atoms. The molecule has 0 aliphatic heterocycles. The van der Waals surface area contributed by atoms with E-state index in [0.29, 0.717) is 0 Å². The van der Waals surface area contributed by atoms with Crippen LogP contribution in [0.4, 0.5) is 0 Å². The lowest BCUT2D eigenvalue weighted by molar-refractivity contribution is -0.115. The van der Waals surface area contributed by atoms with Crippen LogP contribution in [0.3, 0.4) is 0 Å². The van der Waals surface area contributed by atoms with E-state index in [1.54, 1.807) is 0 Å². The molecule has 2 aromatic rings. The summed E-state index contributed by atoms with van der Waals surface area (Å²) >= 11 is 1.31. The highest BCUT2D eigenvalue weighted by atomic mass is 32.2. The zero-order valence-electron chi connectivity index (χ0n) is 11.0. The van der Waals surface area contributed by atoms with E-state index < -0.39 is 0 Å². The summed E-state index contributed by atoms with van der Waals surface area (Å²) in [6, 6.07) is 8.13. The third-order valence-electron chi connectivity index (χ3n) is 2.69. The number of aromatic nitrogens is 3. The highest BCUT2D eigenvalue weighted by molar-refractivity contribution is 7.99. The molecule has 0 atom stereocenters. The summed E-state index contributed by atoms with van der Waals surface area (Å²) in [6.45, 7) is 4.81. The van der Waals surface area contributed by atoms with Crippen molar-refractivity contribution >= 4 is 17.7 Å². The quantitative estimate of drug-likeness (QED) is 0.846. The first-order valence-electron chi connectivity index (χ1n) is 6.03. The number of aryl methyl sites for hydroxylation is 1. The third kappa shape index (κ3) is 3.14. The number of hydrogen-bond donors (Lipinski definition) is 1. The second-order valence-electron chi connectivity index (χ2n) is 4.17. The molecule has 0 aliphatic carbocycles. The Balaban J connectivity index is 2.31. The maximum atomic E-state index is 10.8. The molecule has 1 amide bonds. The smallest absolute Gasteiger partial charge is 0.227 e. The molecular weight excluding hydrogens is 260 g/mol. The summed E-state index contributed by atoms with van der Waals surface area (Å²) in [4.78, 5) is 10.8. The van der Waals surface area contributed by atoms with E-state index in [2.05, 4.69) is 10.2 Å². The van der Waals surface area contributed by atoms with Crippen molar-refractivity contribution in [1.82, 2.24) is 14.8 Å². The molecule has 0 spiro atoms. The highest BCUT2D eigenvalue weighted by Gasteiger charge is 2.13. The number of amides is 1. The van der Waals surface area contributed by atoms with E-state index >= 15 is 0 Å².